The van der Waals surface area contributed by atoms with Gasteiger partial charge in [0.05, 0.1) is 4.99 Å². The van der Waals surface area contributed by atoms with Crippen molar-refractivity contribution in [2.75, 3.05) is 26.2 Å². The summed E-state index contributed by atoms with van der Waals surface area (Å²) in [6.45, 7) is 4.22. The van der Waals surface area contributed by atoms with Gasteiger partial charge in [-0.1, -0.05) is 30.8 Å². The van der Waals surface area contributed by atoms with Crippen LogP contribution in [-0.4, -0.2) is 36.1 Å². The van der Waals surface area contributed by atoms with Gasteiger partial charge in [0.1, 0.15) is 12.4 Å². The molecule has 0 atom stereocenters. The Bertz CT molecular complexity index is 399. The molecular formula is C15H22N2OS. The molecule has 0 spiro atoms. The number of nitrogens with two attached hydrogens (primary N) is 1. The molecule has 1 aliphatic rings. The van der Waals surface area contributed by atoms with Crippen LogP contribution in [0.15, 0.2) is 24.3 Å². The molecule has 1 saturated heterocycles. The van der Waals surface area contributed by atoms with Gasteiger partial charge in [0.15, 0.2) is 0 Å². The largest absolute Gasteiger partial charge is 0.492 e. The molecular weight excluding hydrogens is 256 g/mol. The Kier molecular flexibility index (Phi) is 5.61. The first-order chi connectivity index (χ1) is 9.24. The van der Waals surface area contributed by atoms with Crippen LogP contribution < -0.4 is 10.5 Å². The van der Waals surface area contributed by atoms with Gasteiger partial charge >= 0.3 is 0 Å². The minimum absolute atomic E-state index is 0.527. The van der Waals surface area contributed by atoms with Crippen LogP contribution in [0.2, 0.25) is 0 Å². The van der Waals surface area contributed by atoms with Crippen molar-refractivity contribution in [1.29, 1.82) is 0 Å². The summed E-state index contributed by atoms with van der Waals surface area (Å²) in [5, 5.41) is 0. The van der Waals surface area contributed by atoms with E-state index in [-0.39, 0.29) is 0 Å². The van der Waals surface area contributed by atoms with Crippen molar-refractivity contribution in [2.45, 2.75) is 25.7 Å². The SMILES string of the molecule is NC(=S)Cc1ccc(OCCN2CCCCC2)cc1. The van der Waals surface area contributed by atoms with E-state index < -0.39 is 0 Å². The van der Waals surface area contributed by atoms with E-state index in [1.165, 1.54) is 32.4 Å². The van der Waals surface area contributed by atoms with Gasteiger partial charge < -0.3 is 10.5 Å². The number of benzene rings is 1. The molecule has 1 heterocycles. The molecule has 104 valence electrons. The van der Waals surface area contributed by atoms with Crippen LogP contribution in [0, 0.1) is 0 Å². The highest BCUT2D eigenvalue weighted by atomic mass is 32.1. The number of likely N-dealkylation sites (tertiary alicyclic amines) is 1. The zero-order valence-electron chi connectivity index (χ0n) is 11.3. The van der Waals surface area contributed by atoms with Crippen LogP contribution in [0.25, 0.3) is 0 Å². The van der Waals surface area contributed by atoms with Crippen LogP contribution in [0.5, 0.6) is 5.75 Å². The first kappa shape index (κ1) is 14.3. The molecule has 1 aromatic carbocycles. The first-order valence-electron chi connectivity index (χ1n) is 6.96. The molecule has 0 aliphatic carbocycles. The van der Waals surface area contributed by atoms with Crippen molar-refractivity contribution >= 4 is 17.2 Å². The third-order valence-electron chi connectivity index (χ3n) is 3.43. The molecule has 1 aromatic rings. The average molecular weight is 278 g/mol. The molecule has 2 N–H and O–H groups in total. The Hall–Kier alpha value is -1.13. The Balaban J connectivity index is 1.71. The normalized spacial score (nSPS) is 16.2. The third-order valence-corrected chi connectivity index (χ3v) is 3.57. The van der Waals surface area contributed by atoms with Crippen molar-refractivity contribution in [3.05, 3.63) is 29.8 Å². The summed E-state index contributed by atoms with van der Waals surface area (Å²) < 4.78 is 5.76. The Morgan fingerprint density at radius 1 is 1.16 bits per heavy atom. The van der Waals surface area contributed by atoms with Crippen molar-refractivity contribution in [3.63, 3.8) is 0 Å². The van der Waals surface area contributed by atoms with Gasteiger partial charge in [-0.2, -0.15) is 0 Å². The van der Waals surface area contributed by atoms with E-state index in [9.17, 15) is 0 Å². The van der Waals surface area contributed by atoms with Gasteiger partial charge in [-0.15, -0.1) is 0 Å². The van der Waals surface area contributed by atoms with Gasteiger partial charge in [0.25, 0.3) is 0 Å². The minimum Gasteiger partial charge on any atom is -0.492 e. The zero-order chi connectivity index (χ0) is 13.5. The standard InChI is InChI=1S/C15H22N2OS/c16-15(19)12-13-4-6-14(7-5-13)18-11-10-17-8-2-1-3-9-17/h4-7H,1-3,8-12H2,(H2,16,19). The maximum absolute atomic E-state index is 5.76. The van der Waals surface area contributed by atoms with Crippen molar-refractivity contribution in [1.82, 2.24) is 4.90 Å². The molecule has 2 rings (SSSR count). The second-order valence-corrected chi connectivity index (χ2v) is 5.56. The Morgan fingerprint density at radius 2 is 1.84 bits per heavy atom. The van der Waals surface area contributed by atoms with Crippen molar-refractivity contribution in [3.8, 4) is 5.75 Å². The molecule has 0 radical (unpaired) electrons. The van der Waals surface area contributed by atoms with Crippen molar-refractivity contribution in [2.24, 2.45) is 5.73 Å². The van der Waals surface area contributed by atoms with Crippen LogP contribution in [-0.2, 0) is 6.42 Å². The van der Waals surface area contributed by atoms with E-state index >= 15 is 0 Å². The lowest BCUT2D eigenvalue weighted by atomic mass is 10.1. The number of hydrogen-bond donors (Lipinski definition) is 1. The number of thiocarbonyl (C=S) groups is 1. The van der Waals surface area contributed by atoms with E-state index in [1.54, 1.807) is 0 Å². The highest BCUT2D eigenvalue weighted by Crippen LogP contribution is 2.13. The molecule has 0 aromatic heterocycles. The molecule has 3 nitrogen and oxygen atoms in total. The summed E-state index contributed by atoms with van der Waals surface area (Å²) in [6, 6.07) is 8.03. The highest BCUT2D eigenvalue weighted by molar-refractivity contribution is 7.80. The van der Waals surface area contributed by atoms with Crippen LogP contribution in [0.3, 0.4) is 0 Å². The van der Waals surface area contributed by atoms with E-state index in [1.807, 2.05) is 24.3 Å². The summed E-state index contributed by atoms with van der Waals surface area (Å²) in [5.41, 5.74) is 6.66. The molecule has 1 fully saturated rings. The number of piperidine rings is 1. The van der Waals surface area contributed by atoms with Crippen LogP contribution in [0.4, 0.5) is 0 Å². The summed E-state index contributed by atoms with van der Waals surface area (Å²) in [5.74, 6) is 0.920. The molecule has 0 bridgehead atoms. The molecule has 0 amide bonds. The number of hydrogen-bond acceptors (Lipinski definition) is 3. The second-order valence-electron chi connectivity index (χ2n) is 5.04. The van der Waals surface area contributed by atoms with Crippen LogP contribution >= 0.6 is 12.2 Å². The third kappa shape index (κ3) is 5.17. The van der Waals surface area contributed by atoms with Gasteiger partial charge in [-0.05, 0) is 43.6 Å². The minimum atomic E-state index is 0.527. The smallest absolute Gasteiger partial charge is 0.119 e. The van der Waals surface area contributed by atoms with Crippen LogP contribution in [0.1, 0.15) is 24.8 Å². The monoisotopic (exact) mass is 278 g/mol. The Labute approximate surface area is 120 Å². The topological polar surface area (TPSA) is 38.5 Å². The lowest BCUT2D eigenvalue weighted by molar-refractivity contribution is 0.183. The zero-order valence-corrected chi connectivity index (χ0v) is 12.1. The van der Waals surface area contributed by atoms with E-state index in [2.05, 4.69) is 4.90 Å². The number of ether oxygens (including phenoxy) is 1. The van der Waals surface area contributed by atoms with E-state index in [0.29, 0.717) is 11.4 Å². The summed E-state index contributed by atoms with van der Waals surface area (Å²) in [4.78, 5) is 3.00. The summed E-state index contributed by atoms with van der Waals surface area (Å²) >= 11 is 4.89. The van der Waals surface area contributed by atoms with E-state index in [4.69, 9.17) is 22.7 Å². The lowest BCUT2D eigenvalue weighted by Crippen LogP contribution is -2.33. The summed E-state index contributed by atoms with van der Waals surface area (Å²) in [6.07, 6.45) is 4.69. The predicted molar refractivity (Wildman–Crippen MR) is 82.7 cm³/mol. The molecule has 19 heavy (non-hydrogen) atoms. The fourth-order valence-corrected chi connectivity index (χ4v) is 2.55. The lowest BCUT2D eigenvalue weighted by Gasteiger charge is -2.26. The van der Waals surface area contributed by atoms with E-state index in [0.717, 1.165) is 24.5 Å². The van der Waals surface area contributed by atoms with Gasteiger partial charge in [0, 0.05) is 13.0 Å². The maximum atomic E-state index is 5.76. The fraction of sp³-hybridized carbons (Fsp3) is 0.533. The van der Waals surface area contributed by atoms with Crippen molar-refractivity contribution < 1.29 is 4.74 Å². The molecule has 1 aliphatic heterocycles. The molecule has 0 saturated carbocycles. The number of rotatable bonds is 6. The summed E-state index contributed by atoms with van der Waals surface area (Å²) in [7, 11) is 0. The molecule has 4 heteroatoms. The average Bonchev–Trinajstić information content (AvgIpc) is 2.41. The second kappa shape index (κ2) is 7.46. The first-order valence-corrected chi connectivity index (χ1v) is 7.37. The quantitative estimate of drug-likeness (QED) is 0.811. The number of nitrogens with zero attached hydrogens (tertiary/aromatic N) is 1. The molecule has 0 unspecified atom stereocenters. The Morgan fingerprint density at radius 3 is 2.47 bits per heavy atom. The highest BCUT2D eigenvalue weighted by Gasteiger charge is 2.09. The predicted octanol–water partition coefficient (Wildman–Crippen LogP) is 2.38. The van der Waals surface area contributed by atoms with Gasteiger partial charge in [-0.3, -0.25) is 4.90 Å². The fourth-order valence-electron chi connectivity index (χ4n) is 2.38. The van der Waals surface area contributed by atoms with Gasteiger partial charge in [-0.25, -0.2) is 0 Å². The maximum Gasteiger partial charge on any atom is 0.119 e. The van der Waals surface area contributed by atoms with Gasteiger partial charge in [0.2, 0.25) is 0 Å².